The minimum Gasteiger partial charge on any atom is -0.508 e. The Labute approximate surface area is 123 Å². The molecule has 1 aromatic heterocycles. The molecule has 0 saturated carbocycles. The van der Waals surface area contributed by atoms with Gasteiger partial charge >= 0.3 is 0 Å². The second kappa shape index (κ2) is 5.63. The molecule has 0 unspecified atom stereocenters. The van der Waals surface area contributed by atoms with Crippen molar-refractivity contribution in [2.75, 3.05) is 5.43 Å². The molecule has 0 aliphatic carbocycles. The molecular weight excluding hydrogens is 270 g/mol. The normalized spacial score (nSPS) is 12.5. The third kappa shape index (κ3) is 3.57. The van der Waals surface area contributed by atoms with E-state index in [9.17, 15) is 5.11 Å². The van der Waals surface area contributed by atoms with E-state index in [1.807, 2.05) is 24.4 Å². The van der Waals surface area contributed by atoms with Crippen LogP contribution in [0.25, 0.3) is 0 Å². The van der Waals surface area contributed by atoms with Gasteiger partial charge in [0, 0.05) is 10.8 Å². The first-order valence-corrected chi connectivity index (χ1v) is 7.30. The number of hydrogen-bond donors (Lipinski definition) is 2. The summed E-state index contributed by atoms with van der Waals surface area (Å²) in [5.74, 6) is 0.254. The average molecular weight is 289 g/mol. The SMILES string of the molecule is C/C(=N\Nc1nc(C(C)(C)C)cs1)c1ccc(O)cc1. The monoisotopic (exact) mass is 289 g/mol. The second-order valence-corrected chi connectivity index (χ2v) is 6.50. The quantitative estimate of drug-likeness (QED) is 0.663. The molecule has 2 aromatic rings. The lowest BCUT2D eigenvalue weighted by Crippen LogP contribution is -2.11. The average Bonchev–Trinajstić information content (AvgIpc) is 2.85. The Morgan fingerprint density at radius 2 is 1.90 bits per heavy atom. The summed E-state index contributed by atoms with van der Waals surface area (Å²) >= 11 is 1.55. The van der Waals surface area contributed by atoms with Gasteiger partial charge in [0.25, 0.3) is 0 Å². The number of nitrogens with one attached hydrogen (secondary N) is 1. The van der Waals surface area contributed by atoms with Crippen LogP contribution >= 0.6 is 11.3 Å². The first-order chi connectivity index (χ1) is 9.36. The van der Waals surface area contributed by atoms with Crippen LogP contribution in [0.5, 0.6) is 5.75 Å². The van der Waals surface area contributed by atoms with Crippen molar-refractivity contribution in [2.45, 2.75) is 33.1 Å². The van der Waals surface area contributed by atoms with Crippen molar-refractivity contribution in [1.82, 2.24) is 4.98 Å². The van der Waals surface area contributed by atoms with E-state index in [0.29, 0.717) is 0 Å². The predicted octanol–water partition coefficient (Wildman–Crippen LogP) is 3.98. The number of aromatic hydroxyl groups is 1. The molecule has 0 radical (unpaired) electrons. The van der Waals surface area contributed by atoms with E-state index >= 15 is 0 Å². The third-order valence-corrected chi connectivity index (χ3v) is 3.62. The zero-order chi connectivity index (χ0) is 14.8. The molecule has 0 fully saturated rings. The van der Waals surface area contributed by atoms with Crippen LogP contribution in [-0.2, 0) is 5.41 Å². The lowest BCUT2D eigenvalue weighted by Gasteiger charge is -2.13. The molecule has 0 bridgehead atoms. The van der Waals surface area contributed by atoms with E-state index in [1.165, 1.54) is 0 Å². The van der Waals surface area contributed by atoms with Gasteiger partial charge in [-0.2, -0.15) is 5.10 Å². The summed E-state index contributed by atoms with van der Waals surface area (Å²) in [6.45, 7) is 8.32. The topological polar surface area (TPSA) is 57.5 Å². The molecule has 0 atom stereocenters. The summed E-state index contributed by atoms with van der Waals surface area (Å²) in [5.41, 5.74) is 5.89. The number of rotatable bonds is 3. The van der Waals surface area contributed by atoms with Crippen LogP contribution in [0.4, 0.5) is 5.13 Å². The predicted molar refractivity (Wildman–Crippen MR) is 84.8 cm³/mol. The number of hydrogen-bond acceptors (Lipinski definition) is 5. The zero-order valence-electron chi connectivity index (χ0n) is 12.1. The first kappa shape index (κ1) is 14.5. The number of thiazole rings is 1. The summed E-state index contributed by atoms with van der Waals surface area (Å²) in [5, 5.41) is 16.4. The van der Waals surface area contributed by atoms with Crippen LogP contribution in [0.15, 0.2) is 34.7 Å². The van der Waals surface area contributed by atoms with Crippen LogP contribution in [0.2, 0.25) is 0 Å². The summed E-state index contributed by atoms with van der Waals surface area (Å²) in [6, 6.07) is 6.96. The number of nitrogens with zero attached hydrogens (tertiary/aromatic N) is 2. The fourth-order valence-corrected chi connectivity index (χ4v) is 2.45. The molecule has 2 N–H and O–H groups in total. The molecule has 0 aliphatic heterocycles. The van der Waals surface area contributed by atoms with E-state index in [2.05, 4.69) is 36.3 Å². The van der Waals surface area contributed by atoms with E-state index in [1.54, 1.807) is 23.5 Å². The van der Waals surface area contributed by atoms with Crippen molar-refractivity contribution in [2.24, 2.45) is 5.10 Å². The van der Waals surface area contributed by atoms with Crippen LogP contribution in [-0.4, -0.2) is 15.8 Å². The van der Waals surface area contributed by atoms with Gasteiger partial charge < -0.3 is 5.11 Å². The maximum atomic E-state index is 9.26. The maximum Gasteiger partial charge on any atom is 0.203 e. The number of phenols is 1. The molecule has 2 rings (SSSR count). The molecule has 0 saturated heterocycles. The zero-order valence-corrected chi connectivity index (χ0v) is 13.0. The molecule has 1 aromatic carbocycles. The van der Waals surface area contributed by atoms with Gasteiger partial charge in [-0.1, -0.05) is 20.8 Å². The Bertz CT molecular complexity index is 609. The minimum atomic E-state index is 0.0478. The van der Waals surface area contributed by atoms with Gasteiger partial charge in [0.1, 0.15) is 5.75 Å². The lowest BCUT2D eigenvalue weighted by atomic mass is 9.93. The smallest absolute Gasteiger partial charge is 0.203 e. The Hall–Kier alpha value is -1.88. The van der Waals surface area contributed by atoms with Crippen LogP contribution < -0.4 is 5.43 Å². The fraction of sp³-hybridized carbons (Fsp3) is 0.333. The second-order valence-electron chi connectivity index (χ2n) is 5.64. The number of hydrazone groups is 1. The van der Waals surface area contributed by atoms with Gasteiger partial charge in [0.2, 0.25) is 5.13 Å². The largest absolute Gasteiger partial charge is 0.508 e. The van der Waals surface area contributed by atoms with Crippen molar-refractivity contribution in [3.63, 3.8) is 0 Å². The van der Waals surface area contributed by atoms with E-state index in [-0.39, 0.29) is 11.2 Å². The number of phenolic OH excluding ortho intramolecular Hbond substituents is 1. The first-order valence-electron chi connectivity index (χ1n) is 6.42. The van der Waals surface area contributed by atoms with Crippen molar-refractivity contribution >= 4 is 22.2 Å². The molecular formula is C15H19N3OS. The Morgan fingerprint density at radius 3 is 2.45 bits per heavy atom. The van der Waals surface area contributed by atoms with Crippen molar-refractivity contribution in [3.05, 3.63) is 40.9 Å². The molecule has 0 amide bonds. The highest BCUT2D eigenvalue weighted by molar-refractivity contribution is 7.13. The van der Waals surface area contributed by atoms with Gasteiger partial charge in [-0.25, -0.2) is 4.98 Å². The summed E-state index contributed by atoms with van der Waals surface area (Å²) in [4.78, 5) is 4.52. The van der Waals surface area contributed by atoms with Gasteiger partial charge in [-0.15, -0.1) is 11.3 Å². The standard InChI is InChI=1S/C15H19N3OS/c1-10(11-5-7-12(19)8-6-11)17-18-14-16-13(9-20-14)15(2,3)4/h5-9,19H,1-4H3,(H,16,18)/b17-10+. The number of anilines is 1. The van der Waals surface area contributed by atoms with E-state index in [0.717, 1.165) is 22.1 Å². The minimum absolute atomic E-state index is 0.0478. The number of aromatic nitrogens is 1. The molecule has 1 heterocycles. The van der Waals surface area contributed by atoms with Crippen LogP contribution in [0.1, 0.15) is 39.0 Å². The highest BCUT2D eigenvalue weighted by Gasteiger charge is 2.17. The summed E-state index contributed by atoms with van der Waals surface area (Å²) in [7, 11) is 0. The maximum absolute atomic E-state index is 9.26. The lowest BCUT2D eigenvalue weighted by molar-refractivity contribution is 0.475. The van der Waals surface area contributed by atoms with Gasteiger partial charge in [0.05, 0.1) is 11.4 Å². The summed E-state index contributed by atoms with van der Waals surface area (Å²) in [6.07, 6.45) is 0. The van der Waals surface area contributed by atoms with Crippen molar-refractivity contribution in [1.29, 1.82) is 0 Å². The highest BCUT2D eigenvalue weighted by Crippen LogP contribution is 2.26. The van der Waals surface area contributed by atoms with Crippen molar-refractivity contribution in [3.8, 4) is 5.75 Å². The molecule has 20 heavy (non-hydrogen) atoms. The molecule has 0 aliphatic rings. The summed E-state index contributed by atoms with van der Waals surface area (Å²) < 4.78 is 0. The highest BCUT2D eigenvalue weighted by atomic mass is 32.1. The third-order valence-electron chi connectivity index (χ3n) is 2.88. The van der Waals surface area contributed by atoms with Crippen LogP contribution in [0.3, 0.4) is 0 Å². The van der Waals surface area contributed by atoms with E-state index < -0.39 is 0 Å². The molecule has 106 valence electrons. The Morgan fingerprint density at radius 1 is 1.25 bits per heavy atom. The molecule has 0 spiro atoms. The number of benzene rings is 1. The van der Waals surface area contributed by atoms with E-state index in [4.69, 9.17) is 0 Å². The van der Waals surface area contributed by atoms with Gasteiger partial charge in [-0.3, -0.25) is 5.43 Å². The van der Waals surface area contributed by atoms with Crippen molar-refractivity contribution < 1.29 is 5.11 Å². The van der Waals surface area contributed by atoms with Gasteiger partial charge in [0.15, 0.2) is 0 Å². The van der Waals surface area contributed by atoms with Gasteiger partial charge in [-0.05, 0) is 36.8 Å². The Kier molecular flexibility index (Phi) is 4.09. The Balaban J connectivity index is 2.09. The molecule has 4 nitrogen and oxygen atoms in total. The van der Waals surface area contributed by atoms with Crippen LogP contribution in [0, 0.1) is 0 Å². The fourth-order valence-electron chi connectivity index (χ4n) is 1.57. The molecule has 5 heteroatoms.